The van der Waals surface area contributed by atoms with Gasteiger partial charge in [-0.3, -0.25) is 4.79 Å². The van der Waals surface area contributed by atoms with Crippen LogP contribution in [0.1, 0.15) is 18.1 Å². The van der Waals surface area contributed by atoms with Gasteiger partial charge in [0.1, 0.15) is 5.82 Å². The minimum atomic E-state index is -3.85. The second-order valence-corrected chi connectivity index (χ2v) is 8.18. The van der Waals surface area contributed by atoms with Crippen LogP contribution >= 0.6 is 0 Å². The molecule has 2 aromatic rings. The van der Waals surface area contributed by atoms with Crippen LogP contribution in [0.5, 0.6) is 0 Å². The average molecular weight is 378 g/mol. The summed E-state index contributed by atoms with van der Waals surface area (Å²) in [6.45, 7) is 2.18. The molecule has 0 saturated heterocycles. The highest BCUT2D eigenvalue weighted by atomic mass is 32.2. The molecule has 0 fully saturated rings. The van der Waals surface area contributed by atoms with Gasteiger partial charge in [-0.2, -0.15) is 4.31 Å². The van der Waals surface area contributed by atoms with Crippen molar-refractivity contribution >= 4 is 15.9 Å². The first-order valence-corrected chi connectivity index (χ1v) is 9.71. The highest BCUT2D eigenvalue weighted by Crippen LogP contribution is 2.15. The van der Waals surface area contributed by atoms with Gasteiger partial charge in [0.2, 0.25) is 15.9 Å². The lowest BCUT2D eigenvalue weighted by molar-refractivity contribution is -0.130. The maximum Gasteiger partial charge on any atom is 0.243 e. The second-order valence-electron chi connectivity index (χ2n) is 6.13. The summed E-state index contributed by atoms with van der Waals surface area (Å²) < 4.78 is 38.9. The van der Waals surface area contributed by atoms with Gasteiger partial charge in [0.05, 0.1) is 11.4 Å². The van der Waals surface area contributed by atoms with E-state index < -0.39 is 15.8 Å². The number of sulfonamides is 1. The van der Waals surface area contributed by atoms with Crippen LogP contribution in [0.15, 0.2) is 53.4 Å². The molecule has 0 aliphatic rings. The molecule has 0 heterocycles. The number of benzene rings is 2. The van der Waals surface area contributed by atoms with Crippen molar-refractivity contribution in [1.82, 2.24) is 9.21 Å². The lowest BCUT2D eigenvalue weighted by atomic mass is 10.1. The van der Waals surface area contributed by atoms with Crippen molar-refractivity contribution in [3.8, 4) is 0 Å². The van der Waals surface area contributed by atoms with Crippen molar-refractivity contribution in [3.05, 3.63) is 65.5 Å². The van der Waals surface area contributed by atoms with E-state index in [4.69, 9.17) is 0 Å². The number of hydrogen-bond donors (Lipinski definition) is 0. The molecule has 140 valence electrons. The Morgan fingerprint density at radius 3 is 2.04 bits per heavy atom. The smallest absolute Gasteiger partial charge is 0.243 e. The molecule has 0 aromatic heterocycles. The van der Waals surface area contributed by atoms with Gasteiger partial charge in [-0.25, -0.2) is 12.8 Å². The van der Waals surface area contributed by atoms with Crippen molar-refractivity contribution in [3.63, 3.8) is 0 Å². The molecule has 26 heavy (non-hydrogen) atoms. The van der Waals surface area contributed by atoms with Crippen LogP contribution < -0.4 is 0 Å². The quantitative estimate of drug-likeness (QED) is 0.744. The lowest BCUT2D eigenvalue weighted by Crippen LogP contribution is -2.39. The van der Waals surface area contributed by atoms with Crippen LogP contribution in [0.3, 0.4) is 0 Å². The molecule has 5 nitrogen and oxygen atoms in total. The Morgan fingerprint density at radius 1 is 0.962 bits per heavy atom. The molecular formula is C19H23FN2O3S. The molecule has 0 unspecified atom stereocenters. The Labute approximate surface area is 154 Å². The largest absolute Gasteiger partial charge is 0.340 e. The molecule has 0 aliphatic carbocycles. The molecule has 0 radical (unpaired) electrons. The van der Waals surface area contributed by atoms with Gasteiger partial charge in [-0.05, 0) is 41.8 Å². The van der Waals surface area contributed by atoms with Gasteiger partial charge < -0.3 is 4.90 Å². The van der Waals surface area contributed by atoms with Gasteiger partial charge in [0.25, 0.3) is 0 Å². The Hall–Kier alpha value is -2.25. The van der Waals surface area contributed by atoms with Gasteiger partial charge in [-0.15, -0.1) is 0 Å². The standard InChI is InChI=1S/C19H23FN2O3S/c1-4-15-5-7-16(8-6-15)13-21(2)19(23)14-22(3)26(24,25)18-11-9-17(20)10-12-18/h5-12H,4,13-14H2,1-3H3. The van der Waals surface area contributed by atoms with Gasteiger partial charge >= 0.3 is 0 Å². The summed E-state index contributed by atoms with van der Waals surface area (Å²) in [5.74, 6) is -0.839. The van der Waals surface area contributed by atoms with Crippen LogP contribution in [0, 0.1) is 5.82 Å². The molecule has 2 aromatic carbocycles. The third kappa shape index (κ3) is 4.89. The molecule has 7 heteroatoms. The molecule has 0 spiro atoms. The van der Waals surface area contributed by atoms with E-state index in [2.05, 4.69) is 6.92 Å². The third-order valence-corrected chi connectivity index (χ3v) is 5.97. The summed E-state index contributed by atoms with van der Waals surface area (Å²) in [5.41, 5.74) is 2.19. The molecule has 0 aliphatic heterocycles. The number of hydrogen-bond acceptors (Lipinski definition) is 3. The van der Waals surface area contributed by atoms with E-state index in [1.54, 1.807) is 7.05 Å². The normalized spacial score (nSPS) is 11.6. The average Bonchev–Trinajstić information content (AvgIpc) is 2.62. The zero-order valence-electron chi connectivity index (χ0n) is 15.1. The van der Waals surface area contributed by atoms with Crippen molar-refractivity contribution in [2.24, 2.45) is 0 Å². The van der Waals surface area contributed by atoms with E-state index in [9.17, 15) is 17.6 Å². The Balaban J connectivity index is 2.01. The Kier molecular flexibility index (Phi) is 6.50. The zero-order chi connectivity index (χ0) is 19.3. The fourth-order valence-corrected chi connectivity index (χ4v) is 3.55. The van der Waals surface area contributed by atoms with E-state index in [1.165, 1.54) is 29.6 Å². The molecule has 0 bridgehead atoms. The predicted molar refractivity (Wildman–Crippen MR) is 98.5 cm³/mol. The SMILES string of the molecule is CCc1ccc(CN(C)C(=O)CN(C)S(=O)(=O)c2ccc(F)cc2)cc1. The van der Waals surface area contributed by atoms with Crippen LogP contribution in [0.25, 0.3) is 0 Å². The summed E-state index contributed by atoms with van der Waals surface area (Å²) >= 11 is 0. The van der Waals surface area contributed by atoms with Crippen molar-refractivity contribution in [1.29, 1.82) is 0 Å². The number of carbonyl (C=O) groups is 1. The summed E-state index contributed by atoms with van der Waals surface area (Å²) in [6, 6.07) is 12.5. The summed E-state index contributed by atoms with van der Waals surface area (Å²) in [5, 5.41) is 0. The van der Waals surface area contributed by atoms with E-state index in [0.717, 1.165) is 28.4 Å². The van der Waals surface area contributed by atoms with Gasteiger partial charge in [-0.1, -0.05) is 31.2 Å². The zero-order valence-corrected chi connectivity index (χ0v) is 16.0. The first-order valence-electron chi connectivity index (χ1n) is 8.27. The molecule has 0 N–H and O–H groups in total. The monoisotopic (exact) mass is 378 g/mol. The van der Waals surface area contributed by atoms with Crippen LogP contribution in [0.2, 0.25) is 0 Å². The maximum atomic E-state index is 13.0. The van der Waals surface area contributed by atoms with Crippen molar-refractivity contribution in [2.75, 3.05) is 20.6 Å². The number of aryl methyl sites for hydroxylation is 1. The first kappa shape index (κ1) is 20.1. The highest BCUT2D eigenvalue weighted by molar-refractivity contribution is 7.89. The predicted octanol–water partition coefficient (Wildman–Crippen LogP) is 2.67. The minimum absolute atomic E-state index is 0.0491. The maximum absolute atomic E-state index is 13.0. The topological polar surface area (TPSA) is 57.7 Å². The summed E-state index contributed by atoms with van der Waals surface area (Å²) in [7, 11) is -0.880. The number of nitrogens with zero attached hydrogens (tertiary/aromatic N) is 2. The van der Waals surface area contributed by atoms with Crippen LogP contribution in [0.4, 0.5) is 4.39 Å². The van der Waals surface area contributed by atoms with E-state index in [1.807, 2.05) is 24.3 Å². The van der Waals surface area contributed by atoms with E-state index in [-0.39, 0.29) is 17.3 Å². The Morgan fingerprint density at radius 2 is 1.50 bits per heavy atom. The van der Waals surface area contributed by atoms with Crippen molar-refractivity contribution < 1.29 is 17.6 Å². The van der Waals surface area contributed by atoms with E-state index >= 15 is 0 Å². The fraction of sp³-hybridized carbons (Fsp3) is 0.316. The summed E-state index contributed by atoms with van der Waals surface area (Å²) in [4.78, 5) is 13.8. The third-order valence-electron chi connectivity index (χ3n) is 4.16. The number of carbonyl (C=O) groups excluding carboxylic acids is 1. The van der Waals surface area contributed by atoms with E-state index in [0.29, 0.717) is 6.54 Å². The number of likely N-dealkylation sites (N-methyl/N-ethyl adjacent to an activating group) is 2. The molecule has 0 saturated carbocycles. The number of halogens is 1. The van der Waals surface area contributed by atoms with Gasteiger partial charge in [0, 0.05) is 20.6 Å². The Bertz CT molecular complexity index is 849. The first-order chi connectivity index (χ1) is 12.2. The highest BCUT2D eigenvalue weighted by Gasteiger charge is 2.24. The molecule has 0 atom stereocenters. The molecular weight excluding hydrogens is 355 g/mol. The van der Waals surface area contributed by atoms with Gasteiger partial charge in [0.15, 0.2) is 0 Å². The second kappa shape index (κ2) is 8.42. The molecule has 1 amide bonds. The number of rotatable bonds is 7. The van der Waals surface area contributed by atoms with Crippen LogP contribution in [-0.2, 0) is 27.8 Å². The van der Waals surface area contributed by atoms with Crippen molar-refractivity contribution in [2.45, 2.75) is 24.8 Å². The van der Waals surface area contributed by atoms with Crippen LogP contribution in [-0.4, -0.2) is 44.2 Å². The minimum Gasteiger partial charge on any atom is -0.340 e. The summed E-state index contributed by atoms with van der Waals surface area (Å²) in [6.07, 6.45) is 0.946. The number of amides is 1. The molecule has 2 rings (SSSR count). The lowest BCUT2D eigenvalue weighted by Gasteiger charge is -2.22. The fourth-order valence-electron chi connectivity index (χ4n) is 2.43.